The quantitative estimate of drug-likeness (QED) is 0.0807. The number of halogens is 2. The third-order valence-electron chi connectivity index (χ3n) is 10.4. The number of hydrogen-bond donors (Lipinski definition) is 0. The van der Waals surface area contributed by atoms with E-state index in [0.29, 0.717) is 11.8 Å². The molecular weight excluding hydrogens is 926 g/mol. The van der Waals surface area contributed by atoms with Crippen LogP contribution in [0.25, 0.3) is 53.9 Å². The van der Waals surface area contributed by atoms with Crippen molar-refractivity contribution in [3.05, 3.63) is 266 Å². The first-order valence-electron chi connectivity index (χ1n) is 19.6. The minimum atomic E-state index is 0.611. The second kappa shape index (κ2) is 21.3. The van der Waals surface area contributed by atoms with Gasteiger partial charge < -0.3 is 0 Å². The molecule has 0 N–H and O–H groups in total. The van der Waals surface area contributed by atoms with Crippen LogP contribution in [0.4, 0.5) is 0 Å². The predicted octanol–water partition coefficient (Wildman–Crippen LogP) is 17.1. The zero-order valence-corrected chi connectivity index (χ0v) is 36.5. The molecule has 0 bridgehead atoms. The van der Waals surface area contributed by atoms with Crippen LogP contribution in [0.5, 0.6) is 0 Å². The Labute approximate surface area is 366 Å². The largest absolute Gasteiger partial charge is 0.0767 e. The van der Waals surface area contributed by atoms with Gasteiger partial charge in [0.25, 0.3) is 0 Å². The van der Waals surface area contributed by atoms with Crippen molar-refractivity contribution >= 4 is 91.1 Å². The third kappa shape index (κ3) is 10.5. The lowest BCUT2D eigenvalue weighted by Crippen LogP contribution is -2.15. The summed E-state index contributed by atoms with van der Waals surface area (Å²) < 4.78 is 0. The normalized spacial score (nSPS) is 15.1. The highest BCUT2D eigenvalue weighted by molar-refractivity contribution is 15.0. The van der Waals surface area contributed by atoms with Gasteiger partial charge in [0.1, 0.15) is 0 Å². The van der Waals surface area contributed by atoms with Crippen molar-refractivity contribution in [2.24, 2.45) is 11.8 Å². The molecule has 3 aliphatic carbocycles. The Kier molecular flexibility index (Phi) is 14.9. The molecule has 0 saturated carbocycles. The van der Waals surface area contributed by atoms with Gasteiger partial charge >= 0.3 is 0 Å². The van der Waals surface area contributed by atoms with Crippen LogP contribution in [0.3, 0.4) is 0 Å². The van der Waals surface area contributed by atoms with Crippen molar-refractivity contribution in [1.82, 2.24) is 0 Å². The third-order valence-corrected chi connectivity index (χ3v) is 10.4. The molecule has 9 aromatic rings. The molecule has 0 nitrogen and oxygen atoms in total. The number of hydrogen-bond acceptors (Lipinski definition) is 0. The van der Waals surface area contributed by atoms with E-state index < -0.39 is 0 Å². The second-order valence-corrected chi connectivity index (χ2v) is 14.0. The molecule has 58 heavy (non-hydrogen) atoms. The lowest BCUT2D eigenvalue weighted by Gasteiger charge is -2.25. The fraction of sp³-hybridized carbons (Fsp3) is 0.0357. The van der Waals surface area contributed by atoms with Crippen LogP contribution < -0.4 is 0 Å². The first kappa shape index (κ1) is 40.6. The van der Waals surface area contributed by atoms with Gasteiger partial charge in [-0.1, -0.05) is 243 Å². The molecule has 282 valence electrons. The highest BCUT2D eigenvalue weighted by atomic mass is 128. The van der Waals surface area contributed by atoms with Gasteiger partial charge in [0.2, 0.25) is 0 Å². The Bertz CT molecular complexity index is 2580. The van der Waals surface area contributed by atoms with Gasteiger partial charge in [-0.05, 0) is 77.1 Å². The molecule has 2 heteroatoms. The average molecular weight is 971 g/mol. The molecule has 0 spiro atoms. The minimum Gasteiger partial charge on any atom is -0.0767 e. The van der Waals surface area contributed by atoms with Crippen LogP contribution in [-0.4, -0.2) is 0 Å². The second-order valence-electron chi connectivity index (χ2n) is 14.0. The maximum absolute atomic E-state index is 2.28. The van der Waals surface area contributed by atoms with Gasteiger partial charge in [0.15, 0.2) is 0 Å². The van der Waals surface area contributed by atoms with Gasteiger partial charge in [0.05, 0.1) is 0 Å². The Morgan fingerprint density at radius 3 is 0.931 bits per heavy atom. The lowest BCUT2D eigenvalue weighted by atomic mass is 9.78. The Hall–Kier alpha value is -5.56. The summed E-state index contributed by atoms with van der Waals surface area (Å²) in [4.78, 5) is 0. The summed E-state index contributed by atoms with van der Waals surface area (Å²) in [6, 6.07) is 71.5. The monoisotopic (exact) mass is 970 g/mol. The predicted molar refractivity (Wildman–Crippen MR) is 272 cm³/mol. The summed E-state index contributed by atoms with van der Waals surface area (Å²) >= 11 is 4.24. The Balaban J connectivity index is 0.000000112. The molecule has 0 amide bonds. The van der Waals surface area contributed by atoms with Gasteiger partial charge in [-0.15, -0.1) is 0 Å². The van der Waals surface area contributed by atoms with Crippen LogP contribution >= 0.6 is 37.2 Å². The topological polar surface area (TPSA) is 0 Å². The molecular formula is C56H44I2. The lowest BCUT2D eigenvalue weighted by molar-refractivity contribution is 0.626. The summed E-state index contributed by atoms with van der Waals surface area (Å²) in [5, 5.41) is 13.2. The fourth-order valence-electron chi connectivity index (χ4n) is 7.59. The number of fused-ring (bicyclic) bond motifs is 6. The van der Waals surface area contributed by atoms with E-state index in [1.807, 2.05) is 36.4 Å². The standard InChI is InChI=1S/2C14H10.C12H10.C10H8.C6H6.I2/c1-3-7-13-11(5-1)9-10-12-6-2-4-8-14(12)13;1-2-6-12-10-14-8-4-3-7-13(14)9-11(12)5-1;1-3-9-4-2-6-11-8-7-10(5-1)12(9)11;1-2-6-10-8-4-3-7-9(10)5-1;1-2-4-6-5-3-1;1-2/h2*1-10H;1-9,12H;1-8H;1-6H;. The number of benzene rings is 9. The number of rotatable bonds is 0. The average Bonchev–Trinajstić information content (AvgIpc) is 3.75. The van der Waals surface area contributed by atoms with Crippen molar-refractivity contribution in [3.8, 4) is 0 Å². The maximum Gasteiger partial charge on any atom is 0.0187 e. The van der Waals surface area contributed by atoms with Gasteiger partial charge in [-0.2, -0.15) is 0 Å². The van der Waals surface area contributed by atoms with E-state index in [9.17, 15) is 0 Å². The van der Waals surface area contributed by atoms with E-state index in [1.165, 1.54) is 65.0 Å². The molecule has 12 rings (SSSR count). The smallest absolute Gasteiger partial charge is 0.0187 e. The maximum atomic E-state index is 2.28. The van der Waals surface area contributed by atoms with Gasteiger partial charge in [0, 0.05) is 49.1 Å². The molecule has 0 aliphatic heterocycles. The van der Waals surface area contributed by atoms with Gasteiger partial charge in [-0.25, -0.2) is 0 Å². The highest BCUT2D eigenvalue weighted by Crippen LogP contribution is 2.41. The summed E-state index contributed by atoms with van der Waals surface area (Å²) in [6.07, 6.45) is 17.8. The SMILES string of the molecule is C1=CC2C=CC=C3C=CC(=C1)C32.II.c1ccc2c(c1)ccc1ccccc12.c1ccc2cc3ccccc3cc2c1.c1ccc2ccccc2c1.c1ccccc1. The Morgan fingerprint density at radius 1 is 0.293 bits per heavy atom. The van der Waals surface area contributed by atoms with E-state index in [-0.39, 0.29) is 0 Å². The van der Waals surface area contributed by atoms with Crippen molar-refractivity contribution in [3.63, 3.8) is 0 Å². The summed E-state index contributed by atoms with van der Waals surface area (Å²) in [5.41, 5.74) is 2.94. The van der Waals surface area contributed by atoms with E-state index in [0.717, 1.165) is 0 Å². The van der Waals surface area contributed by atoms with Crippen molar-refractivity contribution in [2.45, 2.75) is 0 Å². The van der Waals surface area contributed by atoms with E-state index in [4.69, 9.17) is 0 Å². The summed E-state index contributed by atoms with van der Waals surface area (Å²) in [5.74, 6) is 1.25. The van der Waals surface area contributed by atoms with Crippen LogP contribution in [-0.2, 0) is 0 Å². The Morgan fingerprint density at radius 2 is 0.586 bits per heavy atom. The molecule has 0 fully saturated rings. The van der Waals surface area contributed by atoms with Crippen LogP contribution in [0.1, 0.15) is 0 Å². The first-order valence-corrected chi connectivity index (χ1v) is 25.9. The van der Waals surface area contributed by atoms with E-state index >= 15 is 0 Å². The summed E-state index contributed by atoms with van der Waals surface area (Å²) in [6.45, 7) is 0. The fourth-order valence-corrected chi connectivity index (χ4v) is 7.59. The molecule has 0 saturated heterocycles. The van der Waals surface area contributed by atoms with E-state index in [1.54, 1.807) is 0 Å². The molecule has 0 radical (unpaired) electrons. The molecule has 0 atom stereocenters. The molecule has 0 aromatic heterocycles. The zero-order chi connectivity index (χ0) is 39.8. The van der Waals surface area contributed by atoms with Crippen LogP contribution in [0.15, 0.2) is 266 Å². The van der Waals surface area contributed by atoms with Crippen LogP contribution in [0.2, 0.25) is 0 Å². The first-order chi connectivity index (χ1) is 28.8. The van der Waals surface area contributed by atoms with Gasteiger partial charge in [-0.3, -0.25) is 0 Å². The zero-order valence-electron chi connectivity index (χ0n) is 32.2. The van der Waals surface area contributed by atoms with Crippen molar-refractivity contribution < 1.29 is 0 Å². The van der Waals surface area contributed by atoms with Crippen LogP contribution in [0, 0.1) is 11.8 Å². The molecule has 9 aromatic carbocycles. The highest BCUT2D eigenvalue weighted by Gasteiger charge is 2.29. The van der Waals surface area contributed by atoms with E-state index in [2.05, 4.69) is 256 Å². The molecule has 0 heterocycles. The number of allylic oxidation sites excluding steroid dienone is 10. The van der Waals surface area contributed by atoms with Crippen molar-refractivity contribution in [2.75, 3.05) is 0 Å². The van der Waals surface area contributed by atoms with Crippen molar-refractivity contribution in [1.29, 1.82) is 0 Å². The summed E-state index contributed by atoms with van der Waals surface area (Å²) in [7, 11) is 0. The minimum absolute atomic E-state index is 0.611. The molecule has 0 unspecified atom stereocenters. The molecule has 3 aliphatic rings.